The molecule has 1 aromatic rings. The zero-order valence-corrected chi connectivity index (χ0v) is 13.1. The van der Waals surface area contributed by atoms with Gasteiger partial charge < -0.3 is 5.32 Å². The molecule has 0 amide bonds. The van der Waals surface area contributed by atoms with E-state index in [1.807, 2.05) is 19.2 Å². The first-order valence-corrected chi connectivity index (χ1v) is 8.79. The Hall–Kier alpha value is -0.910. The molecule has 5 heteroatoms. The first-order valence-electron chi connectivity index (χ1n) is 7.35. The normalized spacial score (nSPS) is 20.4. The lowest BCUT2D eigenvalue weighted by Crippen LogP contribution is -2.35. The summed E-state index contributed by atoms with van der Waals surface area (Å²) in [4.78, 5) is 0.422. The SMILES string of the molecule is CCC1CCCN1S(=O)(=O)c1ccc(CCNC)cc1. The molecule has 20 heavy (non-hydrogen) atoms. The van der Waals surface area contributed by atoms with Crippen LogP contribution in [0.15, 0.2) is 29.2 Å². The van der Waals surface area contributed by atoms with Crippen molar-refractivity contribution in [1.29, 1.82) is 0 Å². The van der Waals surface area contributed by atoms with Gasteiger partial charge >= 0.3 is 0 Å². The molecule has 1 unspecified atom stereocenters. The van der Waals surface area contributed by atoms with Gasteiger partial charge in [0.2, 0.25) is 10.0 Å². The summed E-state index contributed by atoms with van der Waals surface area (Å²) >= 11 is 0. The number of likely N-dealkylation sites (N-methyl/N-ethyl adjacent to an activating group) is 1. The van der Waals surface area contributed by atoms with Gasteiger partial charge in [0, 0.05) is 12.6 Å². The summed E-state index contributed by atoms with van der Waals surface area (Å²) in [5.41, 5.74) is 1.16. The van der Waals surface area contributed by atoms with Gasteiger partial charge in [0.25, 0.3) is 0 Å². The molecule has 4 nitrogen and oxygen atoms in total. The molecule has 0 bridgehead atoms. The number of rotatable bonds is 6. The standard InChI is InChI=1S/C15H24N2O2S/c1-3-14-5-4-12-17(14)20(18,19)15-8-6-13(7-9-15)10-11-16-2/h6-9,14,16H,3-5,10-12H2,1-2H3. The number of nitrogens with one attached hydrogen (secondary N) is 1. The van der Waals surface area contributed by atoms with E-state index in [1.165, 1.54) is 0 Å². The molecule has 0 aromatic heterocycles. The molecule has 0 saturated carbocycles. The van der Waals surface area contributed by atoms with Crippen LogP contribution < -0.4 is 5.32 Å². The minimum Gasteiger partial charge on any atom is -0.319 e. The van der Waals surface area contributed by atoms with Gasteiger partial charge in [0.05, 0.1) is 4.90 Å². The third-order valence-corrected chi connectivity index (χ3v) is 5.95. The van der Waals surface area contributed by atoms with Gasteiger partial charge in [-0.25, -0.2) is 8.42 Å². The molecule has 1 aliphatic heterocycles. The van der Waals surface area contributed by atoms with Crippen LogP contribution in [0.3, 0.4) is 0 Å². The van der Waals surface area contributed by atoms with E-state index in [1.54, 1.807) is 16.4 Å². The van der Waals surface area contributed by atoms with E-state index in [2.05, 4.69) is 12.2 Å². The second kappa shape index (κ2) is 6.70. The molecule has 1 aliphatic rings. The second-order valence-corrected chi connectivity index (χ2v) is 7.21. The molecule has 1 N–H and O–H groups in total. The maximum absolute atomic E-state index is 12.6. The van der Waals surface area contributed by atoms with Crippen molar-refractivity contribution in [2.45, 2.75) is 43.5 Å². The Balaban J connectivity index is 2.17. The van der Waals surface area contributed by atoms with E-state index >= 15 is 0 Å². The molecule has 112 valence electrons. The smallest absolute Gasteiger partial charge is 0.243 e. The van der Waals surface area contributed by atoms with Gasteiger partial charge in [-0.1, -0.05) is 19.1 Å². The lowest BCUT2D eigenvalue weighted by Gasteiger charge is -2.23. The Morgan fingerprint density at radius 3 is 2.60 bits per heavy atom. The minimum absolute atomic E-state index is 0.170. The number of hydrogen-bond donors (Lipinski definition) is 1. The van der Waals surface area contributed by atoms with E-state index in [0.717, 1.165) is 37.8 Å². The van der Waals surface area contributed by atoms with Crippen molar-refractivity contribution in [1.82, 2.24) is 9.62 Å². The third kappa shape index (κ3) is 3.22. The lowest BCUT2D eigenvalue weighted by atomic mass is 10.1. The number of benzene rings is 1. The first kappa shape index (κ1) is 15.5. The quantitative estimate of drug-likeness (QED) is 0.873. The summed E-state index contributed by atoms with van der Waals surface area (Å²) in [5, 5.41) is 3.09. The molecule has 1 saturated heterocycles. The monoisotopic (exact) mass is 296 g/mol. The Morgan fingerprint density at radius 1 is 1.30 bits per heavy atom. The largest absolute Gasteiger partial charge is 0.319 e. The number of nitrogens with zero attached hydrogens (tertiary/aromatic N) is 1. The van der Waals surface area contributed by atoms with Crippen molar-refractivity contribution in [3.63, 3.8) is 0 Å². The van der Waals surface area contributed by atoms with E-state index < -0.39 is 10.0 Å². The van der Waals surface area contributed by atoms with E-state index in [4.69, 9.17) is 0 Å². The topological polar surface area (TPSA) is 49.4 Å². The van der Waals surface area contributed by atoms with Gasteiger partial charge in [-0.15, -0.1) is 0 Å². The summed E-state index contributed by atoms with van der Waals surface area (Å²) in [6, 6.07) is 7.49. The maximum atomic E-state index is 12.6. The van der Waals surface area contributed by atoms with Gasteiger partial charge in [-0.3, -0.25) is 0 Å². The van der Waals surface area contributed by atoms with Crippen LogP contribution in [0, 0.1) is 0 Å². The molecular weight excluding hydrogens is 272 g/mol. The Labute approximate surface area is 122 Å². The zero-order chi connectivity index (χ0) is 14.6. The van der Waals surface area contributed by atoms with Gasteiger partial charge in [-0.2, -0.15) is 4.31 Å². The van der Waals surface area contributed by atoms with Crippen LogP contribution in [-0.4, -0.2) is 38.9 Å². The van der Waals surface area contributed by atoms with Crippen molar-refractivity contribution >= 4 is 10.0 Å². The molecule has 0 aliphatic carbocycles. The van der Waals surface area contributed by atoms with E-state index in [-0.39, 0.29) is 6.04 Å². The minimum atomic E-state index is -3.32. The average Bonchev–Trinajstić information content (AvgIpc) is 2.95. The predicted octanol–water partition coefficient (Wildman–Crippen LogP) is 2.01. The molecule has 1 heterocycles. The zero-order valence-electron chi connectivity index (χ0n) is 12.3. The van der Waals surface area contributed by atoms with Gasteiger partial charge in [-0.05, 0) is 57.0 Å². The van der Waals surface area contributed by atoms with Crippen molar-refractivity contribution in [2.24, 2.45) is 0 Å². The summed E-state index contributed by atoms with van der Waals surface area (Å²) in [5.74, 6) is 0. The molecule has 1 aromatic carbocycles. The van der Waals surface area contributed by atoms with Crippen LogP contribution in [0.4, 0.5) is 0 Å². The van der Waals surface area contributed by atoms with Crippen LogP contribution in [0.25, 0.3) is 0 Å². The van der Waals surface area contributed by atoms with E-state index in [9.17, 15) is 8.42 Å². The van der Waals surface area contributed by atoms with Crippen LogP contribution in [0.2, 0.25) is 0 Å². The van der Waals surface area contributed by atoms with Crippen molar-refractivity contribution in [3.8, 4) is 0 Å². The Morgan fingerprint density at radius 2 is 2.00 bits per heavy atom. The molecule has 2 rings (SSSR count). The highest BCUT2D eigenvalue weighted by atomic mass is 32.2. The second-order valence-electron chi connectivity index (χ2n) is 5.32. The summed E-state index contributed by atoms with van der Waals surface area (Å²) in [6.07, 6.45) is 3.76. The first-order chi connectivity index (χ1) is 9.59. The molecule has 1 fully saturated rings. The maximum Gasteiger partial charge on any atom is 0.243 e. The van der Waals surface area contributed by atoms with Gasteiger partial charge in [0.1, 0.15) is 0 Å². The molecular formula is C15H24N2O2S. The predicted molar refractivity (Wildman–Crippen MR) is 81.3 cm³/mol. The average molecular weight is 296 g/mol. The van der Waals surface area contributed by atoms with Crippen molar-refractivity contribution < 1.29 is 8.42 Å². The highest BCUT2D eigenvalue weighted by Gasteiger charge is 2.33. The van der Waals surface area contributed by atoms with E-state index in [0.29, 0.717) is 11.4 Å². The fourth-order valence-electron chi connectivity index (χ4n) is 2.77. The fraction of sp³-hybridized carbons (Fsp3) is 0.600. The number of hydrogen-bond acceptors (Lipinski definition) is 3. The summed E-state index contributed by atoms with van der Waals surface area (Å²) in [6.45, 7) is 3.61. The van der Waals surface area contributed by atoms with Crippen LogP contribution in [-0.2, 0) is 16.4 Å². The Bertz CT molecular complexity index is 525. The number of sulfonamides is 1. The highest BCUT2D eigenvalue weighted by Crippen LogP contribution is 2.27. The summed E-state index contributed by atoms with van der Waals surface area (Å²) in [7, 11) is -1.41. The molecule has 1 atom stereocenters. The highest BCUT2D eigenvalue weighted by molar-refractivity contribution is 7.89. The van der Waals surface area contributed by atoms with Crippen molar-refractivity contribution in [3.05, 3.63) is 29.8 Å². The lowest BCUT2D eigenvalue weighted by molar-refractivity contribution is 0.379. The fourth-order valence-corrected chi connectivity index (χ4v) is 4.53. The van der Waals surface area contributed by atoms with Crippen molar-refractivity contribution in [2.75, 3.05) is 20.1 Å². The van der Waals surface area contributed by atoms with Crippen LogP contribution in [0.5, 0.6) is 0 Å². The molecule has 0 radical (unpaired) electrons. The van der Waals surface area contributed by atoms with Gasteiger partial charge in [0.15, 0.2) is 0 Å². The summed E-state index contributed by atoms with van der Waals surface area (Å²) < 4.78 is 27.0. The molecule has 0 spiro atoms. The Kier molecular flexibility index (Phi) is 5.18. The third-order valence-electron chi connectivity index (χ3n) is 3.99. The van der Waals surface area contributed by atoms with Crippen LogP contribution in [0.1, 0.15) is 31.7 Å². The van der Waals surface area contributed by atoms with Crippen LogP contribution >= 0.6 is 0 Å².